The van der Waals surface area contributed by atoms with E-state index in [2.05, 4.69) is 15.5 Å². The van der Waals surface area contributed by atoms with Crippen LogP contribution in [0.3, 0.4) is 0 Å². The maximum Gasteiger partial charge on any atom is 0.407 e. The first-order valence-electron chi connectivity index (χ1n) is 7.69. The molecular weight excluding hydrogens is 310 g/mol. The summed E-state index contributed by atoms with van der Waals surface area (Å²) in [7, 11) is 0. The highest BCUT2D eigenvalue weighted by molar-refractivity contribution is 5.67. The van der Waals surface area contributed by atoms with E-state index < -0.39 is 23.9 Å². The molecule has 0 aliphatic heterocycles. The number of ether oxygens (including phenoxy) is 1. The Balaban J connectivity index is 2.04. The zero-order chi connectivity index (χ0) is 17.7. The lowest BCUT2D eigenvalue weighted by molar-refractivity contribution is 0.0132. The smallest absolute Gasteiger partial charge is 0.407 e. The first-order valence-corrected chi connectivity index (χ1v) is 7.69. The van der Waals surface area contributed by atoms with Crippen LogP contribution in [0.5, 0.6) is 0 Å². The number of amides is 1. The van der Waals surface area contributed by atoms with Crippen LogP contribution < -0.4 is 5.32 Å². The fourth-order valence-electron chi connectivity index (χ4n) is 2.23. The molecule has 0 spiro atoms. The lowest BCUT2D eigenvalue weighted by Crippen LogP contribution is -2.38. The molecule has 7 heteroatoms. The van der Waals surface area contributed by atoms with Crippen molar-refractivity contribution < 1.29 is 19.7 Å². The average molecular weight is 333 g/mol. The van der Waals surface area contributed by atoms with Gasteiger partial charge in [-0.25, -0.2) is 4.79 Å². The van der Waals surface area contributed by atoms with Gasteiger partial charge in [0.2, 0.25) is 0 Å². The molecule has 0 saturated heterocycles. The number of H-pyrrole nitrogens is 1. The monoisotopic (exact) mass is 333 g/mol. The van der Waals surface area contributed by atoms with Gasteiger partial charge in [0.1, 0.15) is 17.8 Å². The molecule has 0 radical (unpaired) electrons. The number of rotatable bonds is 5. The fraction of sp³-hybridized carbons (Fsp3) is 0.412. The van der Waals surface area contributed by atoms with Crippen LogP contribution in [0.1, 0.15) is 32.4 Å². The van der Waals surface area contributed by atoms with Gasteiger partial charge in [0.25, 0.3) is 0 Å². The largest absolute Gasteiger partial charge is 0.444 e. The third-order valence-corrected chi connectivity index (χ3v) is 3.29. The number of carbonyl (C=O) groups is 1. The minimum absolute atomic E-state index is 0.132. The van der Waals surface area contributed by atoms with E-state index in [1.165, 1.54) is 0 Å². The maximum atomic E-state index is 11.6. The Morgan fingerprint density at radius 2 is 2.00 bits per heavy atom. The fourth-order valence-corrected chi connectivity index (χ4v) is 2.23. The van der Waals surface area contributed by atoms with Gasteiger partial charge >= 0.3 is 6.09 Å². The molecule has 0 aliphatic carbocycles. The molecule has 0 aliphatic rings. The third kappa shape index (κ3) is 4.81. The molecule has 130 valence electrons. The minimum Gasteiger partial charge on any atom is -0.444 e. The number of hydrogen-bond acceptors (Lipinski definition) is 5. The molecule has 1 heterocycles. The van der Waals surface area contributed by atoms with Crippen LogP contribution in [0, 0.1) is 0 Å². The Morgan fingerprint density at radius 3 is 2.62 bits per heavy atom. The van der Waals surface area contributed by atoms with E-state index in [0.717, 1.165) is 11.3 Å². The quantitative estimate of drug-likeness (QED) is 0.669. The van der Waals surface area contributed by atoms with Crippen molar-refractivity contribution in [2.24, 2.45) is 0 Å². The van der Waals surface area contributed by atoms with Gasteiger partial charge in [-0.15, -0.1) is 0 Å². The van der Waals surface area contributed by atoms with E-state index in [1.54, 1.807) is 45.2 Å². The number of hydrogen-bond donors (Lipinski definition) is 4. The second-order valence-corrected chi connectivity index (χ2v) is 6.45. The lowest BCUT2D eigenvalue weighted by Gasteiger charge is -2.23. The SMILES string of the molecule is CC(C)(C)OC(=O)NCC(O)C(O)c1ccccc1-c1ccn[nH]1. The number of carbonyl (C=O) groups excluding carboxylic acids is 1. The number of nitrogens with one attached hydrogen (secondary N) is 2. The topological polar surface area (TPSA) is 107 Å². The van der Waals surface area contributed by atoms with Gasteiger partial charge in [-0.1, -0.05) is 24.3 Å². The van der Waals surface area contributed by atoms with E-state index >= 15 is 0 Å². The highest BCUT2D eigenvalue weighted by atomic mass is 16.6. The summed E-state index contributed by atoms with van der Waals surface area (Å²) in [6.07, 6.45) is -1.38. The van der Waals surface area contributed by atoms with Crippen molar-refractivity contribution >= 4 is 6.09 Å². The van der Waals surface area contributed by atoms with Crippen molar-refractivity contribution in [2.75, 3.05) is 6.54 Å². The molecule has 0 saturated carbocycles. The highest BCUT2D eigenvalue weighted by Crippen LogP contribution is 2.28. The predicted molar refractivity (Wildman–Crippen MR) is 89.2 cm³/mol. The normalized spacial score (nSPS) is 14.0. The second kappa shape index (κ2) is 7.46. The first-order chi connectivity index (χ1) is 11.3. The number of aromatic amines is 1. The number of nitrogens with zero attached hydrogens (tertiary/aromatic N) is 1. The van der Waals surface area contributed by atoms with Gasteiger partial charge < -0.3 is 20.3 Å². The van der Waals surface area contributed by atoms with Crippen LogP contribution in [0.4, 0.5) is 4.79 Å². The number of aromatic nitrogens is 2. The van der Waals surface area contributed by atoms with Gasteiger partial charge in [0, 0.05) is 18.3 Å². The summed E-state index contributed by atoms with van der Waals surface area (Å²) in [6.45, 7) is 5.11. The van der Waals surface area contributed by atoms with Gasteiger partial charge in [0.15, 0.2) is 0 Å². The molecule has 7 nitrogen and oxygen atoms in total. The molecule has 1 aromatic heterocycles. The van der Waals surface area contributed by atoms with Crippen molar-refractivity contribution in [1.82, 2.24) is 15.5 Å². The predicted octanol–water partition coefficient (Wildman–Crippen LogP) is 2.00. The van der Waals surface area contributed by atoms with E-state index in [-0.39, 0.29) is 6.54 Å². The van der Waals surface area contributed by atoms with E-state index in [0.29, 0.717) is 5.56 Å². The second-order valence-electron chi connectivity index (χ2n) is 6.45. The van der Waals surface area contributed by atoms with Gasteiger partial charge in [-0.05, 0) is 32.4 Å². The van der Waals surface area contributed by atoms with E-state index in [9.17, 15) is 15.0 Å². The highest BCUT2D eigenvalue weighted by Gasteiger charge is 2.23. The van der Waals surface area contributed by atoms with E-state index in [1.807, 2.05) is 12.1 Å². The molecule has 4 N–H and O–H groups in total. The lowest BCUT2D eigenvalue weighted by atomic mass is 9.96. The molecule has 2 rings (SSSR count). The van der Waals surface area contributed by atoms with Crippen molar-refractivity contribution in [3.05, 3.63) is 42.1 Å². The Hall–Kier alpha value is -2.38. The van der Waals surface area contributed by atoms with E-state index in [4.69, 9.17) is 4.74 Å². The maximum absolute atomic E-state index is 11.6. The van der Waals surface area contributed by atoms with Crippen LogP contribution >= 0.6 is 0 Å². The zero-order valence-electron chi connectivity index (χ0n) is 14.0. The minimum atomic E-state index is -1.18. The first kappa shape index (κ1) is 18.0. The molecule has 2 unspecified atom stereocenters. The Bertz CT molecular complexity index is 665. The van der Waals surface area contributed by atoms with Crippen LogP contribution in [0.15, 0.2) is 36.5 Å². The Kier molecular flexibility index (Phi) is 5.58. The molecule has 2 atom stereocenters. The summed E-state index contributed by atoms with van der Waals surface area (Å²) in [5.41, 5.74) is 1.39. The summed E-state index contributed by atoms with van der Waals surface area (Å²) in [4.78, 5) is 11.6. The van der Waals surface area contributed by atoms with Crippen molar-refractivity contribution in [3.8, 4) is 11.3 Å². The van der Waals surface area contributed by atoms with Gasteiger partial charge in [0.05, 0.1) is 5.69 Å². The number of alkyl carbamates (subject to hydrolysis) is 1. The van der Waals surface area contributed by atoms with Crippen molar-refractivity contribution in [2.45, 2.75) is 38.6 Å². The summed E-state index contributed by atoms with van der Waals surface area (Å²) in [6, 6.07) is 8.92. The average Bonchev–Trinajstić information content (AvgIpc) is 3.04. The molecule has 2 aromatic rings. The van der Waals surface area contributed by atoms with Gasteiger partial charge in [-0.3, -0.25) is 5.10 Å². The summed E-state index contributed by atoms with van der Waals surface area (Å²) < 4.78 is 5.10. The molecule has 0 fully saturated rings. The Morgan fingerprint density at radius 1 is 1.29 bits per heavy atom. The van der Waals surface area contributed by atoms with Crippen LogP contribution in [-0.4, -0.2) is 44.8 Å². The summed E-state index contributed by atoms with van der Waals surface area (Å²) >= 11 is 0. The molecule has 1 amide bonds. The van der Waals surface area contributed by atoms with Crippen LogP contribution in [0.2, 0.25) is 0 Å². The third-order valence-electron chi connectivity index (χ3n) is 3.29. The number of aliphatic hydroxyl groups is 2. The summed E-state index contributed by atoms with van der Waals surface area (Å²) in [5, 5.41) is 29.8. The molecule has 1 aromatic carbocycles. The standard InChI is InChI=1S/C17H23N3O4/c1-17(2,3)24-16(23)18-10-14(21)15(22)12-7-5-4-6-11(12)13-8-9-19-20-13/h4-9,14-15,21-22H,10H2,1-3H3,(H,18,23)(H,19,20). The number of aliphatic hydroxyl groups excluding tert-OH is 2. The van der Waals surface area contributed by atoms with Crippen molar-refractivity contribution in [3.63, 3.8) is 0 Å². The van der Waals surface area contributed by atoms with Gasteiger partial charge in [-0.2, -0.15) is 5.10 Å². The zero-order valence-corrected chi connectivity index (χ0v) is 14.0. The van der Waals surface area contributed by atoms with Crippen molar-refractivity contribution in [1.29, 1.82) is 0 Å². The molecule has 24 heavy (non-hydrogen) atoms. The Labute approximate surface area is 140 Å². The molecular formula is C17H23N3O4. The summed E-state index contributed by atoms with van der Waals surface area (Å²) in [5.74, 6) is 0. The molecule has 0 bridgehead atoms. The number of benzene rings is 1. The van der Waals surface area contributed by atoms with Crippen LogP contribution in [-0.2, 0) is 4.74 Å². The van der Waals surface area contributed by atoms with Crippen LogP contribution in [0.25, 0.3) is 11.3 Å².